The molecule has 0 saturated heterocycles. The van der Waals surface area contributed by atoms with E-state index in [4.69, 9.17) is 9.72 Å². The van der Waals surface area contributed by atoms with Crippen molar-refractivity contribution in [3.8, 4) is 5.88 Å². The van der Waals surface area contributed by atoms with Crippen molar-refractivity contribution in [3.05, 3.63) is 53.3 Å². The fraction of sp³-hybridized carbons (Fsp3) is 0.581. The Hall–Kier alpha value is -2.73. The molecule has 37 heavy (non-hydrogen) atoms. The van der Waals surface area contributed by atoms with E-state index in [1.165, 1.54) is 49.9 Å². The largest absolute Gasteiger partial charge is 0.475 e. The smallest absolute Gasteiger partial charge is 0.213 e. The molecule has 3 aromatic rings. The van der Waals surface area contributed by atoms with Gasteiger partial charge in [-0.2, -0.15) is 5.10 Å². The minimum Gasteiger partial charge on any atom is -0.475 e. The Morgan fingerprint density at radius 1 is 1.08 bits per heavy atom. The lowest BCUT2D eigenvalue weighted by molar-refractivity contribution is 0.0942. The van der Waals surface area contributed by atoms with Gasteiger partial charge in [-0.05, 0) is 69.0 Å². The molecule has 1 fully saturated rings. The van der Waals surface area contributed by atoms with Crippen molar-refractivity contribution < 1.29 is 9.53 Å². The van der Waals surface area contributed by atoms with Crippen LogP contribution >= 0.6 is 0 Å². The maximum atomic E-state index is 13.1. The number of rotatable bonds is 9. The van der Waals surface area contributed by atoms with Crippen molar-refractivity contribution in [1.29, 1.82) is 0 Å². The van der Waals surface area contributed by atoms with Crippen LogP contribution in [0.15, 0.2) is 36.5 Å². The van der Waals surface area contributed by atoms with E-state index in [2.05, 4.69) is 29.9 Å². The van der Waals surface area contributed by atoms with E-state index in [1.807, 2.05) is 37.5 Å². The van der Waals surface area contributed by atoms with E-state index in [1.54, 1.807) is 4.68 Å². The van der Waals surface area contributed by atoms with Gasteiger partial charge in [0.1, 0.15) is 0 Å². The summed E-state index contributed by atoms with van der Waals surface area (Å²) in [4.78, 5) is 20.6. The number of ether oxygens (including phenoxy) is 1. The predicted octanol–water partition coefficient (Wildman–Crippen LogP) is 6.02. The number of aryl methyl sites for hydroxylation is 1. The van der Waals surface area contributed by atoms with Gasteiger partial charge >= 0.3 is 0 Å². The monoisotopic (exact) mass is 502 g/mol. The Balaban J connectivity index is 1.06. The van der Waals surface area contributed by atoms with E-state index in [0.717, 1.165) is 60.6 Å². The van der Waals surface area contributed by atoms with Gasteiger partial charge in [0.25, 0.3) is 0 Å². The Labute approximate surface area is 221 Å². The lowest BCUT2D eigenvalue weighted by atomic mass is 9.78. The maximum Gasteiger partial charge on any atom is 0.213 e. The number of Topliss-reactive ketones (excluding diaryl/α,β-unsaturated/α-hetero) is 1. The van der Waals surface area contributed by atoms with E-state index in [9.17, 15) is 4.79 Å². The standard InChI is InChI=1S/C31H42N4O2/c1-4-22(2)37-31-13-12-25-15-18-35(19-16-28(25)32-31)17-14-23-8-10-24(11-9-23)20-30(36)26-6-5-7-29-27(26)21-34(3)33-29/h5-7,12-13,21-24H,4,8-11,14-20H2,1-3H3/t22-,23?,24?/m1/s1. The molecule has 198 valence electrons. The van der Waals surface area contributed by atoms with Crippen molar-refractivity contribution in [2.45, 2.75) is 77.7 Å². The molecule has 6 heteroatoms. The van der Waals surface area contributed by atoms with Crippen LogP contribution in [0.5, 0.6) is 5.88 Å². The normalized spacial score (nSPS) is 21.4. The number of ketones is 1. The summed E-state index contributed by atoms with van der Waals surface area (Å²) in [6, 6.07) is 10.2. The third-order valence-electron chi connectivity index (χ3n) is 8.56. The van der Waals surface area contributed by atoms with Crippen LogP contribution < -0.4 is 4.74 Å². The summed E-state index contributed by atoms with van der Waals surface area (Å²) in [7, 11) is 1.91. The molecule has 3 heterocycles. The van der Waals surface area contributed by atoms with Gasteiger partial charge in [-0.3, -0.25) is 9.48 Å². The second kappa shape index (κ2) is 11.8. The van der Waals surface area contributed by atoms with Crippen LogP contribution in [0.3, 0.4) is 0 Å². The molecule has 0 N–H and O–H groups in total. The summed E-state index contributed by atoms with van der Waals surface area (Å²) in [5, 5.41) is 5.44. The number of pyridine rings is 1. The number of carbonyl (C=O) groups excluding carboxylic acids is 1. The highest BCUT2D eigenvalue weighted by Crippen LogP contribution is 2.34. The number of benzene rings is 1. The zero-order chi connectivity index (χ0) is 25.8. The highest BCUT2D eigenvalue weighted by atomic mass is 16.5. The highest BCUT2D eigenvalue weighted by molar-refractivity contribution is 6.07. The number of hydrogen-bond donors (Lipinski definition) is 0. The van der Waals surface area contributed by atoms with Crippen molar-refractivity contribution in [1.82, 2.24) is 19.7 Å². The molecule has 0 bridgehead atoms. The minimum atomic E-state index is 0.205. The third kappa shape index (κ3) is 6.40. The van der Waals surface area contributed by atoms with E-state index >= 15 is 0 Å². The molecule has 6 nitrogen and oxygen atoms in total. The third-order valence-corrected chi connectivity index (χ3v) is 8.56. The Bertz CT molecular complexity index is 1210. The number of hydrogen-bond acceptors (Lipinski definition) is 5. The molecule has 0 radical (unpaired) electrons. The molecule has 0 unspecified atom stereocenters. The molecule has 1 aliphatic heterocycles. The van der Waals surface area contributed by atoms with Gasteiger partial charge in [0.15, 0.2) is 5.78 Å². The Kier molecular flexibility index (Phi) is 8.23. The Morgan fingerprint density at radius 3 is 2.68 bits per heavy atom. The molecule has 1 saturated carbocycles. The van der Waals surface area contributed by atoms with Crippen LogP contribution in [0.4, 0.5) is 0 Å². The molecular weight excluding hydrogens is 460 g/mol. The van der Waals surface area contributed by atoms with Gasteiger partial charge in [0.05, 0.1) is 11.6 Å². The first-order valence-corrected chi connectivity index (χ1v) is 14.3. The number of carbonyl (C=O) groups is 1. The molecule has 2 aliphatic rings. The zero-order valence-corrected chi connectivity index (χ0v) is 22.8. The van der Waals surface area contributed by atoms with Crippen LogP contribution in [-0.4, -0.2) is 51.2 Å². The van der Waals surface area contributed by atoms with Gasteiger partial charge < -0.3 is 9.64 Å². The van der Waals surface area contributed by atoms with Crippen LogP contribution in [-0.2, 0) is 19.9 Å². The summed E-state index contributed by atoms with van der Waals surface area (Å²) in [6.07, 6.45) is 12.0. The fourth-order valence-corrected chi connectivity index (χ4v) is 6.05. The number of fused-ring (bicyclic) bond motifs is 2. The van der Waals surface area contributed by atoms with Crippen molar-refractivity contribution in [3.63, 3.8) is 0 Å². The van der Waals surface area contributed by atoms with Crippen molar-refractivity contribution in [2.75, 3.05) is 19.6 Å². The lowest BCUT2D eigenvalue weighted by Gasteiger charge is -2.30. The van der Waals surface area contributed by atoms with E-state index < -0.39 is 0 Å². The molecule has 0 spiro atoms. The summed E-state index contributed by atoms with van der Waals surface area (Å²) < 4.78 is 7.75. The summed E-state index contributed by atoms with van der Waals surface area (Å²) in [5.41, 5.74) is 4.34. The van der Waals surface area contributed by atoms with Crippen LogP contribution in [0.1, 0.15) is 80.4 Å². The molecule has 1 atom stereocenters. The first kappa shape index (κ1) is 25.9. The van der Waals surface area contributed by atoms with Crippen LogP contribution in [0.2, 0.25) is 0 Å². The predicted molar refractivity (Wildman–Crippen MR) is 148 cm³/mol. The fourth-order valence-electron chi connectivity index (χ4n) is 6.05. The highest BCUT2D eigenvalue weighted by Gasteiger charge is 2.25. The van der Waals surface area contributed by atoms with E-state index in [0.29, 0.717) is 12.3 Å². The second-order valence-electron chi connectivity index (χ2n) is 11.3. The molecule has 2 aromatic heterocycles. The minimum absolute atomic E-state index is 0.205. The average Bonchev–Trinajstić information content (AvgIpc) is 3.17. The van der Waals surface area contributed by atoms with Gasteiger partial charge in [0.2, 0.25) is 5.88 Å². The molecule has 0 amide bonds. The van der Waals surface area contributed by atoms with Crippen molar-refractivity contribution >= 4 is 16.7 Å². The molecule has 5 rings (SSSR count). The first-order chi connectivity index (χ1) is 18.0. The summed E-state index contributed by atoms with van der Waals surface area (Å²) >= 11 is 0. The van der Waals surface area contributed by atoms with Crippen molar-refractivity contribution in [2.24, 2.45) is 18.9 Å². The Morgan fingerprint density at radius 2 is 1.86 bits per heavy atom. The quantitative estimate of drug-likeness (QED) is 0.335. The second-order valence-corrected chi connectivity index (χ2v) is 11.3. The summed E-state index contributed by atoms with van der Waals surface area (Å²) in [6.45, 7) is 7.60. The maximum absolute atomic E-state index is 13.1. The first-order valence-electron chi connectivity index (χ1n) is 14.3. The number of nitrogens with zero attached hydrogens (tertiary/aromatic N) is 4. The van der Waals surface area contributed by atoms with Gasteiger partial charge in [-0.15, -0.1) is 0 Å². The SMILES string of the molecule is CC[C@@H](C)Oc1ccc2c(n1)CCN(CCC1CCC(CC(=O)c3cccc4nn(C)cc34)CC1)CC2. The zero-order valence-electron chi connectivity index (χ0n) is 22.8. The van der Waals surface area contributed by atoms with Gasteiger partial charge in [-0.25, -0.2) is 4.98 Å². The van der Waals surface area contributed by atoms with Gasteiger partial charge in [0, 0.05) is 61.9 Å². The van der Waals surface area contributed by atoms with Gasteiger partial charge in [-0.1, -0.05) is 38.0 Å². The average molecular weight is 503 g/mol. The van der Waals surface area contributed by atoms with E-state index in [-0.39, 0.29) is 11.9 Å². The lowest BCUT2D eigenvalue weighted by Crippen LogP contribution is -2.29. The number of aromatic nitrogens is 3. The molecule has 1 aliphatic carbocycles. The van der Waals surface area contributed by atoms with Crippen LogP contribution in [0.25, 0.3) is 10.9 Å². The molecule has 1 aromatic carbocycles. The summed E-state index contributed by atoms with van der Waals surface area (Å²) in [5.74, 6) is 2.35. The topological polar surface area (TPSA) is 60.2 Å². The van der Waals surface area contributed by atoms with Crippen LogP contribution in [0, 0.1) is 11.8 Å². The molecular formula is C31H42N4O2.